The molecule has 0 N–H and O–H groups in total. The van der Waals surface area contributed by atoms with Gasteiger partial charge in [0.2, 0.25) is 0 Å². The molecule has 27 heavy (non-hydrogen) atoms. The average Bonchev–Trinajstić information content (AvgIpc) is 3.04. The normalized spacial score (nSPS) is 18.0. The van der Waals surface area contributed by atoms with Crippen molar-refractivity contribution in [3.63, 3.8) is 0 Å². The van der Waals surface area contributed by atoms with Crippen LogP contribution >= 0.6 is 0 Å². The number of nitrogens with zero attached hydrogens (tertiary/aromatic N) is 1. The van der Waals surface area contributed by atoms with Crippen molar-refractivity contribution in [2.45, 2.75) is 19.0 Å². The molecule has 2 aromatic rings. The van der Waals surface area contributed by atoms with Crippen LogP contribution in [0.3, 0.4) is 0 Å². The van der Waals surface area contributed by atoms with Gasteiger partial charge >= 0.3 is 0 Å². The summed E-state index contributed by atoms with van der Waals surface area (Å²) in [5.41, 5.74) is 1.49. The van der Waals surface area contributed by atoms with Crippen LogP contribution in [-0.4, -0.2) is 43.4 Å². The fourth-order valence-electron chi connectivity index (χ4n) is 3.18. The van der Waals surface area contributed by atoms with Gasteiger partial charge in [-0.15, -0.1) is 0 Å². The molecule has 6 heteroatoms. The van der Waals surface area contributed by atoms with E-state index in [2.05, 4.69) is 6.58 Å². The molecule has 1 heterocycles. The number of amides is 1. The second kappa shape index (κ2) is 8.39. The number of benzene rings is 2. The van der Waals surface area contributed by atoms with E-state index in [1.807, 2.05) is 30.3 Å². The average molecular weight is 385 g/mol. The number of sulfone groups is 1. The molecule has 1 aliphatic heterocycles. The SMILES string of the molecule is C=CCOc1ccc(C(=O)N(Cc2ccccc2)[C@@H]2CCS(=O)(=O)C2)cc1. The van der Waals surface area contributed by atoms with Crippen molar-refractivity contribution in [2.24, 2.45) is 0 Å². The molecule has 0 saturated carbocycles. The molecule has 0 aromatic heterocycles. The Bertz CT molecular complexity index is 892. The summed E-state index contributed by atoms with van der Waals surface area (Å²) in [7, 11) is -3.09. The molecule has 0 unspecified atom stereocenters. The Morgan fingerprint density at radius 3 is 2.44 bits per heavy atom. The predicted octanol–water partition coefficient (Wildman–Crippen LogP) is 3.08. The van der Waals surface area contributed by atoms with Gasteiger partial charge in [0.25, 0.3) is 5.91 Å². The maximum absolute atomic E-state index is 13.1. The minimum absolute atomic E-state index is 0.0199. The smallest absolute Gasteiger partial charge is 0.254 e. The fraction of sp³-hybridized carbons (Fsp3) is 0.286. The zero-order valence-corrected chi connectivity index (χ0v) is 15.9. The maximum Gasteiger partial charge on any atom is 0.254 e. The zero-order valence-electron chi connectivity index (χ0n) is 15.1. The first-order valence-corrected chi connectivity index (χ1v) is 10.7. The lowest BCUT2D eigenvalue weighted by Crippen LogP contribution is -2.40. The first-order valence-electron chi connectivity index (χ1n) is 8.87. The van der Waals surface area contributed by atoms with Crippen molar-refractivity contribution in [3.8, 4) is 5.75 Å². The highest BCUT2D eigenvalue weighted by molar-refractivity contribution is 7.91. The molecular formula is C21H23NO4S. The van der Waals surface area contributed by atoms with Gasteiger partial charge in [0, 0.05) is 18.2 Å². The third-order valence-corrected chi connectivity index (χ3v) is 6.33. The molecule has 1 saturated heterocycles. The van der Waals surface area contributed by atoms with Crippen LogP contribution in [0.4, 0.5) is 0 Å². The first-order chi connectivity index (χ1) is 13.0. The zero-order chi connectivity index (χ0) is 19.3. The van der Waals surface area contributed by atoms with Gasteiger partial charge in [0.05, 0.1) is 11.5 Å². The molecule has 1 fully saturated rings. The van der Waals surface area contributed by atoms with Crippen LogP contribution in [0.1, 0.15) is 22.3 Å². The summed E-state index contributed by atoms with van der Waals surface area (Å²) < 4.78 is 29.3. The van der Waals surface area contributed by atoms with Gasteiger partial charge in [-0.05, 0) is 36.2 Å². The summed E-state index contributed by atoms with van der Waals surface area (Å²) in [6, 6.07) is 16.2. The summed E-state index contributed by atoms with van der Waals surface area (Å²) in [4.78, 5) is 14.8. The van der Waals surface area contributed by atoms with Gasteiger partial charge in [-0.1, -0.05) is 43.0 Å². The van der Waals surface area contributed by atoms with Gasteiger partial charge in [0.1, 0.15) is 12.4 Å². The van der Waals surface area contributed by atoms with Gasteiger partial charge in [-0.25, -0.2) is 8.42 Å². The molecular weight excluding hydrogens is 362 g/mol. The first kappa shape index (κ1) is 19.2. The minimum atomic E-state index is -3.09. The lowest BCUT2D eigenvalue weighted by molar-refractivity contribution is 0.0681. The number of rotatable bonds is 7. The van der Waals surface area contributed by atoms with E-state index in [0.717, 1.165) is 5.56 Å². The molecule has 0 radical (unpaired) electrons. The van der Waals surface area contributed by atoms with Crippen LogP contribution in [-0.2, 0) is 16.4 Å². The van der Waals surface area contributed by atoms with Crippen LogP contribution in [0.15, 0.2) is 67.3 Å². The second-order valence-corrected chi connectivity index (χ2v) is 8.83. The van der Waals surface area contributed by atoms with E-state index in [1.165, 1.54) is 0 Å². The largest absolute Gasteiger partial charge is 0.490 e. The second-order valence-electron chi connectivity index (χ2n) is 6.60. The molecule has 1 amide bonds. The van der Waals surface area contributed by atoms with Gasteiger partial charge in [0.15, 0.2) is 9.84 Å². The third-order valence-electron chi connectivity index (χ3n) is 4.57. The van der Waals surface area contributed by atoms with Crippen molar-refractivity contribution in [2.75, 3.05) is 18.1 Å². The Balaban J connectivity index is 1.82. The Hall–Kier alpha value is -2.60. The van der Waals surface area contributed by atoms with E-state index < -0.39 is 9.84 Å². The minimum Gasteiger partial charge on any atom is -0.490 e. The number of hydrogen-bond donors (Lipinski definition) is 0. The lowest BCUT2D eigenvalue weighted by atomic mass is 10.1. The highest BCUT2D eigenvalue weighted by atomic mass is 32.2. The van der Waals surface area contributed by atoms with Crippen LogP contribution in [0.2, 0.25) is 0 Å². The topological polar surface area (TPSA) is 63.7 Å². The number of carbonyl (C=O) groups excluding carboxylic acids is 1. The number of ether oxygens (including phenoxy) is 1. The van der Waals surface area contributed by atoms with Crippen molar-refractivity contribution in [1.82, 2.24) is 4.90 Å². The fourth-order valence-corrected chi connectivity index (χ4v) is 4.91. The Morgan fingerprint density at radius 1 is 1.15 bits per heavy atom. The van der Waals surface area contributed by atoms with E-state index in [9.17, 15) is 13.2 Å². The molecule has 1 atom stereocenters. The van der Waals surface area contributed by atoms with E-state index >= 15 is 0 Å². The maximum atomic E-state index is 13.1. The Morgan fingerprint density at radius 2 is 1.85 bits per heavy atom. The van der Waals surface area contributed by atoms with Crippen LogP contribution < -0.4 is 4.74 Å². The summed E-state index contributed by atoms with van der Waals surface area (Å²) in [5.74, 6) is 0.636. The standard InChI is InChI=1S/C21H23NO4S/c1-2-13-26-20-10-8-18(9-11-20)21(23)22(15-17-6-4-3-5-7-17)19-12-14-27(24,25)16-19/h2-11,19H,1,12-16H2/t19-/m1/s1. The lowest BCUT2D eigenvalue weighted by Gasteiger charge is -2.28. The predicted molar refractivity (Wildman–Crippen MR) is 106 cm³/mol. The van der Waals surface area contributed by atoms with E-state index in [4.69, 9.17) is 4.74 Å². The third kappa shape index (κ3) is 4.98. The van der Waals surface area contributed by atoms with Crippen molar-refractivity contribution >= 4 is 15.7 Å². The molecule has 0 aliphatic carbocycles. The number of carbonyl (C=O) groups is 1. The van der Waals surface area contributed by atoms with E-state index in [-0.39, 0.29) is 23.5 Å². The van der Waals surface area contributed by atoms with Gasteiger partial charge < -0.3 is 9.64 Å². The van der Waals surface area contributed by atoms with Crippen molar-refractivity contribution < 1.29 is 17.9 Å². The van der Waals surface area contributed by atoms with Crippen molar-refractivity contribution in [1.29, 1.82) is 0 Å². The van der Waals surface area contributed by atoms with Gasteiger partial charge in [-0.3, -0.25) is 4.79 Å². The van der Waals surface area contributed by atoms with Crippen LogP contribution in [0, 0.1) is 0 Å². The Kier molecular flexibility index (Phi) is 5.96. The molecule has 5 nitrogen and oxygen atoms in total. The van der Waals surface area contributed by atoms with Crippen LogP contribution in [0.25, 0.3) is 0 Å². The number of hydrogen-bond acceptors (Lipinski definition) is 4. The van der Waals surface area contributed by atoms with Crippen molar-refractivity contribution in [3.05, 3.63) is 78.4 Å². The van der Waals surface area contributed by atoms with E-state index in [1.54, 1.807) is 35.2 Å². The summed E-state index contributed by atoms with van der Waals surface area (Å²) in [6.07, 6.45) is 2.13. The molecule has 142 valence electrons. The molecule has 0 spiro atoms. The summed E-state index contributed by atoms with van der Waals surface area (Å²) >= 11 is 0. The molecule has 1 aliphatic rings. The van der Waals surface area contributed by atoms with E-state index in [0.29, 0.717) is 30.9 Å². The highest BCUT2D eigenvalue weighted by Crippen LogP contribution is 2.23. The summed E-state index contributed by atoms with van der Waals surface area (Å²) in [6.45, 7) is 4.39. The molecule has 0 bridgehead atoms. The summed E-state index contributed by atoms with van der Waals surface area (Å²) in [5, 5.41) is 0. The van der Waals surface area contributed by atoms with Crippen LogP contribution in [0.5, 0.6) is 5.75 Å². The monoisotopic (exact) mass is 385 g/mol. The quantitative estimate of drug-likeness (QED) is 0.687. The molecule has 3 rings (SSSR count). The highest BCUT2D eigenvalue weighted by Gasteiger charge is 2.35. The molecule has 2 aromatic carbocycles. The Labute approximate surface area is 160 Å². The van der Waals surface area contributed by atoms with Gasteiger partial charge in [-0.2, -0.15) is 0 Å².